The Balaban J connectivity index is 1.45. The number of Topliss-reactive ketones (excluding diaryl/α,β-unsaturated/α-hetero) is 1. The molecule has 2 N–H and O–H groups in total. The first-order valence-corrected chi connectivity index (χ1v) is 22.9. The van der Waals surface area contributed by atoms with Crippen LogP contribution >= 0.6 is 11.6 Å². The molecule has 7 rings (SSSR count). The van der Waals surface area contributed by atoms with E-state index in [-0.39, 0.29) is 35.3 Å². The highest BCUT2D eigenvalue weighted by molar-refractivity contribution is 6.26. The van der Waals surface area contributed by atoms with Crippen LogP contribution in [0.5, 0.6) is 0 Å². The highest BCUT2D eigenvalue weighted by atomic mass is 35.5. The highest BCUT2D eigenvalue weighted by Crippen LogP contribution is 2.65. The molecule has 1 heterocycles. The SMILES string of the molecule is CC(=O)O[C@H]1C(=O)[C@]2(C)[C@@H](OC(=O)CCl)C[C@H]3OC[C@@]3(OC(C)=O)[C@H]2[C@H](OC(=O)c2ccccc2)[C@]2(O)C[C@H](OC(=O)[C@H](OC(C)=O)[C@@H](NC(=O)c3ccccc3)c3ccccc3)C(C)=C1C2(C)C. The second kappa shape index (κ2) is 19.5. The number of fused-ring (bicyclic) bond motifs is 5. The zero-order valence-corrected chi connectivity index (χ0v) is 39.8. The minimum atomic E-state index is -2.49. The molecule has 18 heteroatoms. The molecule has 0 spiro atoms. The largest absolute Gasteiger partial charge is 0.460 e. The molecule has 0 radical (unpaired) electrons. The summed E-state index contributed by atoms with van der Waals surface area (Å²) in [6.45, 7) is 8.84. The van der Waals surface area contributed by atoms with Crippen LogP contribution in [0.1, 0.15) is 93.6 Å². The molecule has 1 amide bonds. The number of hydrogen-bond donors (Lipinski definition) is 2. The predicted octanol–water partition coefficient (Wildman–Crippen LogP) is 5.10. The van der Waals surface area contributed by atoms with Crippen molar-refractivity contribution in [1.82, 2.24) is 5.32 Å². The number of halogens is 1. The van der Waals surface area contributed by atoms with Gasteiger partial charge in [-0.3, -0.25) is 28.8 Å². The molecule has 69 heavy (non-hydrogen) atoms. The van der Waals surface area contributed by atoms with Crippen molar-refractivity contribution in [1.29, 1.82) is 0 Å². The number of amides is 1. The van der Waals surface area contributed by atoms with Crippen LogP contribution in [0.25, 0.3) is 0 Å². The highest BCUT2D eigenvalue weighted by Gasteiger charge is 2.79. The number of aliphatic hydroxyl groups is 1. The van der Waals surface area contributed by atoms with Crippen LogP contribution in [0.15, 0.2) is 102 Å². The van der Waals surface area contributed by atoms with Crippen molar-refractivity contribution in [2.24, 2.45) is 16.7 Å². The molecule has 366 valence electrons. The van der Waals surface area contributed by atoms with Gasteiger partial charge in [-0.05, 0) is 54.8 Å². The Morgan fingerprint density at radius 2 is 1.39 bits per heavy atom. The maximum Gasteiger partial charge on any atom is 0.350 e. The second-order valence-electron chi connectivity index (χ2n) is 18.5. The van der Waals surface area contributed by atoms with E-state index in [9.17, 15) is 38.7 Å². The molecule has 2 saturated carbocycles. The third kappa shape index (κ3) is 9.14. The molecular weight excluding hydrogens is 918 g/mol. The van der Waals surface area contributed by atoms with Gasteiger partial charge >= 0.3 is 35.8 Å². The van der Waals surface area contributed by atoms with Crippen molar-refractivity contribution in [3.05, 3.63) is 119 Å². The summed E-state index contributed by atoms with van der Waals surface area (Å²) in [7, 11) is 0. The third-order valence-corrected chi connectivity index (χ3v) is 14.3. The monoisotopic (exact) mass is 971 g/mol. The summed E-state index contributed by atoms with van der Waals surface area (Å²) in [6, 6.07) is 22.7. The molecule has 3 aromatic rings. The number of nitrogens with one attached hydrogen (secondary N) is 1. The lowest BCUT2D eigenvalue weighted by Gasteiger charge is -2.67. The molecule has 3 aromatic carbocycles. The summed E-state index contributed by atoms with van der Waals surface area (Å²) in [5.41, 5.74) is -7.62. The predicted molar refractivity (Wildman–Crippen MR) is 242 cm³/mol. The van der Waals surface area contributed by atoms with E-state index in [0.29, 0.717) is 5.56 Å². The number of ketones is 1. The molecule has 2 bridgehead atoms. The Labute approximate surface area is 403 Å². The van der Waals surface area contributed by atoms with Crippen LogP contribution in [0.2, 0.25) is 0 Å². The maximum atomic E-state index is 16.0. The number of hydrogen-bond acceptors (Lipinski definition) is 16. The fourth-order valence-electron chi connectivity index (χ4n) is 10.8. The summed E-state index contributed by atoms with van der Waals surface area (Å²) in [5, 5.41) is 16.8. The van der Waals surface area contributed by atoms with Gasteiger partial charge in [-0.2, -0.15) is 0 Å². The van der Waals surface area contributed by atoms with Gasteiger partial charge in [-0.25, -0.2) is 9.59 Å². The molecule has 17 nitrogen and oxygen atoms in total. The number of carbonyl (C=O) groups is 8. The van der Waals surface area contributed by atoms with Gasteiger partial charge in [-0.1, -0.05) is 80.6 Å². The van der Waals surface area contributed by atoms with E-state index in [2.05, 4.69) is 5.32 Å². The van der Waals surface area contributed by atoms with E-state index in [1.165, 1.54) is 39.8 Å². The van der Waals surface area contributed by atoms with Crippen molar-refractivity contribution in [3.63, 3.8) is 0 Å². The van der Waals surface area contributed by atoms with Gasteiger partial charge in [0.1, 0.15) is 41.9 Å². The first-order chi connectivity index (χ1) is 32.6. The molecule has 1 saturated heterocycles. The van der Waals surface area contributed by atoms with Gasteiger partial charge in [0.15, 0.2) is 17.5 Å². The molecule has 3 fully saturated rings. The number of carbonyl (C=O) groups excluding carboxylic acids is 8. The lowest BCUT2D eigenvalue weighted by molar-refractivity contribution is -0.346. The normalized spacial score (nSPS) is 29.6. The van der Waals surface area contributed by atoms with E-state index in [1.807, 2.05) is 0 Å². The summed E-state index contributed by atoms with van der Waals surface area (Å²) >= 11 is 5.96. The molecule has 11 atom stereocenters. The number of rotatable bonds is 13. The average Bonchev–Trinajstić information content (AvgIpc) is 3.31. The van der Waals surface area contributed by atoms with Crippen molar-refractivity contribution >= 4 is 59.1 Å². The molecule has 1 aliphatic heterocycles. The minimum Gasteiger partial charge on any atom is -0.460 e. The summed E-state index contributed by atoms with van der Waals surface area (Å²) in [5.74, 6) is -9.66. The summed E-state index contributed by atoms with van der Waals surface area (Å²) < 4.78 is 42.5. The fraction of sp³-hybridized carbons (Fsp3) is 0.451. The van der Waals surface area contributed by atoms with Gasteiger partial charge in [0.25, 0.3) is 5.91 Å². The zero-order valence-electron chi connectivity index (χ0n) is 39.1. The van der Waals surface area contributed by atoms with Crippen molar-refractivity contribution in [2.75, 3.05) is 12.5 Å². The van der Waals surface area contributed by atoms with E-state index in [1.54, 1.807) is 78.9 Å². The quantitative estimate of drug-likeness (QED) is 0.0982. The van der Waals surface area contributed by atoms with Crippen LogP contribution in [0.3, 0.4) is 0 Å². The molecular formula is C51H54ClNO16. The maximum absolute atomic E-state index is 16.0. The Bertz CT molecular complexity index is 2550. The smallest absolute Gasteiger partial charge is 0.350 e. The second-order valence-corrected chi connectivity index (χ2v) is 18.8. The minimum absolute atomic E-state index is 0.0233. The molecule has 0 aromatic heterocycles. The average molecular weight is 972 g/mol. The zero-order chi connectivity index (χ0) is 50.2. The van der Waals surface area contributed by atoms with Crippen LogP contribution < -0.4 is 5.32 Å². The Morgan fingerprint density at radius 3 is 1.93 bits per heavy atom. The molecule has 3 aliphatic carbocycles. The number of esters is 6. The van der Waals surface area contributed by atoms with E-state index >= 15 is 4.79 Å². The van der Waals surface area contributed by atoms with Crippen LogP contribution in [0.4, 0.5) is 0 Å². The first kappa shape index (κ1) is 50.4. The lowest BCUT2D eigenvalue weighted by atomic mass is 9.44. The standard InChI is InChI=1S/C51H54ClNO16/c1-27-34(66-47(61)41(65-29(3)55)39(31-17-11-8-12-18-31)53-45(59)32-19-13-9-14-20-32)24-51(62)44(68-46(60)33-21-15-10-16-22-33)42-49(7,43(58)40(64-28(2)54)38(27)48(51,5)6)35(67-37(57)25-52)23-36-50(42,26-63-36)69-30(4)56/h8-22,34-36,39-42,44,62H,23-26H2,1-7H3,(H,53,59)/t34-,35-,36+,39-,40+,41+,42-,44-,49+,50-,51+/m0/s1. The van der Waals surface area contributed by atoms with Crippen molar-refractivity contribution in [3.8, 4) is 0 Å². The summed E-state index contributed by atoms with van der Waals surface area (Å²) in [6.07, 6.45) is -10.7. The molecule has 4 aliphatic rings. The van der Waals surface area contributed by atoms with Crippen LogP contribution in [0, 0.1) is 16.7 Å². The van der Waals surface area contributed by atoms with Gasteiger partial charge in [-0.15, -0.1) is 11.6 Å². The number of alkyl halides is 1. The van der Waals surface area contributed by atoms with Crippen molar-refractivity contribution < 1.29 is 76.6 Å². The van der Waals surface area contributed by atoms with Crippen molar-refractivity contribution in [2.45, 2.75) is 115 Å². The lowest BCUT2D eigenvalue weighted by Crippen LogP contribution is -2.82. The Kier molecular flexibility index (Phi) is 14.3. The fourth-order valence-corrected chi connectivity index (χ4v) is 10.9. The van der Waals surface area contributed by atoms with E-state index < -0.39 is 130 Å². The first-order valence-electron chi connectivity index (χ1n) is 22.4. The van der Waals surface area contributed by atoms with E-state index in [4.69, 9.17) is 44.8 Å². The number of benzene rings is 3. The van der Waals surface area contributed by atoms with Crippen LogP contribution in [-0.4, -0.2) is 113 Å². The number of ether oxygens (including phenoxy) is 7. The van der Waals surface area contributed by atoms with Gasteiger partial charge in [0, 0.05) is 44.6 Å². The Hall–Kier alpha value is -6.43. The van der Waals surface area contributed by atoms with Gasteiger partial charge in [0.2, 0.25) is 6.10 Å². The molecule has 0 unspecified atom stereocenters. The topological polar surface area (TPSA) is 233 Å². The van der Waals surface area contributed by atoms with Gasteiger partial charge in [0.05, 0.1) is 23.5 Å². The van der Waals surface area contributed by atoms with E-state index in [0.717, 1.165) is 20.8 Å². The van der Waals surface area contributed by atoms with Crippen LogP contribution in [-0.2, 0) is 61.9 Å². The Morgan fingerprint density at radius 1 is 0.797 bits per heavy atom. The van der Waals surface area contributed by atoms with Gasteiger partial charge < -0.3 is 43.6 Å². The third-order valence-electron chi connectivity index (χ3n) is 14.1. The summed E-state index contributed by atoms with van der Waals surface area (Å²) in [4.78, 5) is 112.